The molecule has 1 heterocycles. The molecule has 0 aliphatic carbocycles. The van der Waals surface area contributed by atoms with E-state index in [0.717, 1.165) is 0 Å². The Bertz CT molecular complexity index is 774. The summed E-state index contributed by atoms with van der Waals surface area (Å²) < 4.78 is 2.33. The third kappa shape index (κ3) is 4.23. The summed E-state index contributed by atoms with van der Waals surface area (Å²) in [6.45, 7) is 21.1. The van der Waals surface area contributed by atoms with Gasteiger partial charge in [0.15, 0.2) is 6.20 Å². The third-order valence-electron chi connectivity index (χ3n) is 5.09. The van der Waals surface area contributed by atoms with Crippen LogP contribution in [0.5, 0.6) is 0 Å². The van der Waals surface area contributed by atoms with Crippen molar-refractivity contribution in [2.45, 2.75) is 72.5 Å². The van der Waals surface area contributed by atoms with Crippen LogP contribution in [0.3, 0.4) is 0 Å². The Hall–Kier alpha value is -1.41. The maximum Gasteiger partial charge on any atom is 0.212 e. The third-order valence-corrected chi connectivity index (χ3v) is 7.12. The molecule has 0 aliphatic heterocycles. The number of rotatable bonds is 3. The zero-order chi connectivity index (χ0) is 19.2. The van der Waals surface area contributed by atoms with Crippen molar-refractivity contribution in [3.8, 4) is 11.3 Å². The normalized spacial score (nSPS) is 12.8. The van der Waals surface area contributed by atoms with E-state index in [1.807, 2.05) is 0 Å². The van der Waals surface area contributed by atoms with Gasteiger partial charge in [-0.3, -0.25) is 0 Å². The number of hydrogen-bond donors (Lipinski definition) is 0. The fourth-order valence-corrected chi connectivity index (χ4v) is 5.23. The molecule has 1 nitrogen and oxygen atoms in total. The summed E-state index contributed by atoms with van der Waals surface area (Å²) in [5, 5.41) is 1.59. The number of pyridine rings is 1. The minimum absolute atomic E-state index is 0.167. The lowest BCUT2D eigenvalue weighted by atomic mass is 9.87. The quantitative estimate of drug-likeness (QED) is 0.509. The van der Waals surface area contributed by atoms with Gasteiger partial charge in [0, 0.05) is 17.2 Å². The zero-order valence-electron chi connectivity index (χ0n) is 17.9. The Morgan fingerprint density at radius 1 is 1.00 bits per heavy atom. The summed E-state index contributed by atoms with van der Waals surface area (Å²) in [6, 6.07) is 9.42. The molecule has 2 rings (SSSR count). The lowest BCUT2D eigenvalue weighted by molar-refractivity contribution is -0.660. The minimum Gasteiger partial charge on any atom is -0.201 e. The molecule has 0 spiro atoms. The van der Waals surface area contributed by atoms with Crippen LogP contribution in [0.2, 0.25) is 19.6 Å². The molecule has 0 saturated carbocycles. The summed E-state index contributed by atoms with van der Waals surface area (Å²) in [6.07, 6.45) is 2.38. The van der Waals surface area contributed by atoms with Gasteiger partial charge in [0.1, 0.15) is 7.05 Å². The predicted octanol–water partition coefficient (Wildman–Crippen LogP) is 5.45. The first kappa shape index (κ1) is 19.9. The van der Waals surface area contributed by atoms with E-state index in [1.165, 1.54) is 27.9 Å². The average molecular weight is 355 g/mol. The molecule has 0 unspecified atom stereocenters. The van der Waals surface area contributed by atoms with Crippen molar-refractivity contribution in [2.24, 2.45) is 7.05 Å². The Balaban J connectivity index is 2.79. The van der Waals surface area contributed by atoms with Crippen molar-refractivity contribution < 1.29 is 4.57 Å². The van der Waals surface area contributed by atoms with Crippen LogP contribution in [-0.2, 0) is 12.5 Å². The zero-order valence-corrected chi connectivity index (χ0v) is 18.9. The Morgan fingerprint density at radius 2 is 1.60 bits per heavy atom. The number of benzene rings is 1. The lowest BCUT2D eigenvalue weighted by Crippen LogP contribution is -2.47. The van der Waals surface area contributed by atoms with Crippen LogP contribution < -0.4 is 9.75 Å². The highest BCUT2D eigenvalue weighted by Crippen LogP contribution is 2.28. The second kappa shape index (κ2) is 6.72. The topological polar surface area (TPSA) is 3.88 Å². The molecule has 1 aromatic carbocycles. The van der Waals surface area contributed by atoms with Crippen molar-refractivity contribution in [1.29, 1.82) is 0 Å². The number of hydrogen-bond acceptors (Lipinski definition) is 0. The van der Waals surface area contributed by atoms with E-state index in [1.54, 1.807) is 5.19 Å². The molecule has 0 N–H and O–H groups in total. The molecule has 2 heteroatoms. The summed E-state index contributed by atoms with van der Waals surface area (Å²) in [5.41, 5.74) is 7.13. The highest BCUT2D eigenvalue weighted by atomic mass is 28.3. The monoisotopic (exact) mass is 354 g/mol. The second-order valence-electron chi connectivity index (χ2n) is 9.83. The number of aryl methyl sites for hydroxylation is 2. The molecular weight excluding hydrogens is 318 g/mol. The molecule has 0 aliphatic rings. The largest absolute Gasteiger partial charge is 0.212 e. The molecule has 1 aromatic heterocycles. The van der Waals surface area contributed by atoms with Gasteiger partial charge in [0.25, 0.3) is 0 Å². The molecule has 0 saturated heterocycles. The van der Waals surface area contributed by atoms with Crippen LogP contribution in [-0.4, -0.2) is 8.07 Å². The van der Waals surface area contributed by atoms with Gasteiger partial charge < -0.3 is 0 Å². The van der Waals surface area contributed by atoms with Crippen molar-refractivity contribution in [1.82, 2.24) is 0 Å². The average Bonchev–Trinajstić information content (AvgIpc) is 2.45. The predicted molar refractivity (Wildman–Crippen MR) is 114 cm³/mol. The molecular formula is C23H36NSi+. The number of aromatic nitrogens is 1. The van der Waals surface area contributed by atoms with Gasteiger partial charge in [-0.05, 0) is 40.6 Å². The van der Waals surface area contributed by atoms with Gasteiger partial charge in [0.05, 0.1) is 8.07 Å². The minimum atomic E-state index is -1.44. The highest BCUT2D eigenvalue weighted by Gasteiger charge is 2.31. The molecule has 0 fully saturated rings. The molecule has 136 valence electrons. The summed E-state index contributed by atoms with van der Waals surface area (Å²) in [7, 11) is 0.753. The molecule has 25 heavy (non-hydrogen) atoms. The lowest BCUT2D eigenvalue weighted by Gasteiger charge is -2.28. The fraction of sp³-hybridized carbons (Fsp3) is 0.522. The van der Waals surface area contributed by atoms with Crippen LogP contribution in [0.4, 0.5) is 0 Å². The Kier molecular flexibility index (Phi) is 5.35. The standard InChI is InChI=1S/C23H36NSi/c1-16(2)18-12-11-17(3)19(13-18)21-14-22(25(8,9)10)20(15-24(21)7)23(4,5)6/h11-16H,1-10H3/q+1. The molecule has 2 aromatic rings. The van der Waals surface area contributed by atoms with E-state index in [2.05, 4.69) is 103 Å². The SMILES string of the molecule is Cc1ccc(C(C)C)cc1-c1cc([Si](C)(C)C)c(C(C)(C)C)c[n+]1C. The van der Waals surface area contributed by atoms with Gasteiger partial charge in [0.2, 0.25) is 5.69 Å². The summed E-state index contributed by atoms with van der Waals surface area (Å²) in [5.74, 6) is 0.551. The molecule has 0 bridgehead atoms. The van der Waals surface area contributed by atoms with E-state index in [0.29, 0.717) is 5.92 Å². The van der Waals surface area contributed by atoms with Gasteiger partial charge in [-0.25, -0.2) is 4.57 Å². The van der Waals surface area contributed by atoms with Crippen molar-refractivity contribution in [2.75, 3.05) is 0 Å². The van der Waals surface area contributed by atoms with Crippen molar-refractivity contribution in [3.05, 3.63) is 47.2 Å². The highest BCUT2D eigenvalue weighted by molar-refractivity contribution is 6.89. The Morgan fingerprint density at radius 3 is 2.08 bits per heavy atom. The smallest absolute Gasteiger partial charge is 0.201 e. The van der Waals surface area contributed by atoms with Crippen molar-refractivity contribution in [3.63, 3.8) is 0 Å². The van der Waals surface area contributed by atoms with Crippen LogP contribution in [0.25, 0.3) is 11.3 Å². The summed E-state index contributed by atoms with van der Waals surface area (Å²) >= 11 is 0. The van der Waals surface area contributed by atoms with Gasteiger partial charge in [-0.1, -0.05) is 66.4 Å². The Labute approximate surface area is 156 Å². The van der Waals surface area contributed by atoms with E-state index >= 15 is 0 Å². The maximum atomic E-state index is 2.49. The van der Waals surface area contributed by atoms with E-state index < -0.39 is 8.07 Å². The van der Waals surface area contributed by atoms with Crippen molar-refractivity contribution >= 4 is 13.3 Å². The van der Waals surface area contributed by atoms with Gasteiger partial charge >= 0.3 is 0 Å². The van der Waals surface area contributed by atoms with E-state index in [9.17, 15) is 0 Å². The van der Waals surface area contributed by atoms with Crippen LogP contribution in [0.15, 0.2) is 30.5 Å². The van der Waals surface area contributed by atoms with Gasteiger partial charge in [-0.2, -0.15) is 0 Å². The molecule has 0 atom stereocenters. The van der Waals surface area contributed by atoms with E-state index in [4.69, 9.17) is 0 Å². The summed E-state index contributed by atoms with van der Waals surface area (Å²) in [4.78, 5) is 0. The van der Waals surface area contributed by atoms with E-state index in [-0.39, 0.29) is 5.41 Å². The second-order valence-corrected chi connectivity index (χ2v) is 14.9. The van der Waals surface area contributed by atoms with Crippen LogP contribution >= 0.6 is 0 Å². The first-order chi connectivity index (χ1) is 11.3. The maximum absolute atomic E-state index is 2.49. The van der Waals surface area contributed by atoms with Gasteiger partial charge in [-0.15, -0.1) is 0 Å². The first-order valence-electron chi connectivity index (χ1n) is 9.48. The first-order valence-corrected chi connectivity index (χ1v) is 13.0. The number of nitrogens with zero attached hydrogens (tertiary/aromatic N) is 1. The van der Waals surface area contributed by atoms with Crippen LogP contribution in [0, 0.1) is 6.92 Å². The molecule has 0 amide bonds. The van der Waals surface area contributed by atoms with Crippen LogP contribution in [0.1, 0.15) is 57.2 Å². The molecule has 0 radical (unpaired) electrons. The fourth-order valence-electron chi connectivity index (χ4n) is 3.41.